The molecule has 200 valence electrons. The topological polar surface area (TPSA) is 74.6 Å². The van der Waals surface area contributed by atoms with E-state index in [4.69, 9.17) is 19.2 Å². The molecule has 1 heterocycles. The Morgan fingerprint density at radius 2 is 1.71 bits per heavy atom. The van der Waals surface area contributed by atoms with Crippen molar-refractivity contribution in [3.05, 3.63) is 83.7 Å². The minimum Gasteiger partial charge on any atom is -0.493 e. The molecule has 1 N–H and O–H groups in total. The van der Waals surface area contributed by atoms with Crippen molar-refractivity contribution in [3.63, 3.8) is 0 Å². The van der Waals surface area contributed by atoms with Crippen LogP contribution in [0.25, 0.3) is 11.0 Å². The minimum absolute atomic E-state index is 0.114. The summed E-state index contributed by atoms with van der Waals surface area (Å²) in [6, 6.07) is 21.7. The SMILES string of the molecule is CCc1ccc(OCCn2c(CCCCCNC(=O)c3ccc(OC)c(OC)c3)nc3ccccc32)cc1. The van der Waals surface area contributed by atoms with Crippen LogP contribution >= 0.6 is 0 Å². The van der Waals surface area contributed by atoms with Crippen LogP contribution in [0.3, 0.4) is 0 Å². The highest BCUT2D eigenvalue weighted by Crippen LogP contribution is 2.27. The summed E-state index contributed by atoms with van der Waals surface area (Å²) >= 11 is 0. The standard InChI is InChI=1S/C31H37N3O4/c1-4-23-13-16-25(17-14-23)38-21-20-34-27-11-8-7-10-26(27)33-30(34)12-6-5-9-19-32-31(35)24-15-18-28(36-2)29(22-24)37-3/h7-8,10-11,13-18,22H,4-6,9,12,19-21H2,1-3H3,(H,32,35). The maximum Gasteiger partial charge on any atom is 0.251 e. The number of unbranched alkanes of at least 4 members (excludes halogenated alkanes) is 2. The predicted octanol–water partition coefficient (Wildman–Crippen LogP) is 5.84. The highest BCUT2D eigenvalue weighted by molar-refractivity contribution is 5.94. The van der Waals surface area contributed by atoms with Gasteiger partial charge in [0.25, 0.3) is 5.91 Å². The number of benzene rings is 3. The molecule has 3 aromatic carbocycles. The van der Waals surface area contributed by atoms with Gasteiger partial charge >= 0.3 is 0 Å². The Bertz CT molecular complexity index is 1330. The Morgan fingerprint density at radius 3 is 2.47 bits per heavy atom. The number of nitrogens with one attached hydrogen (secondary N) is 1. The van der Waals surface area contributed by atoms with Crippen molar-refractivity contribution in [2.24, 2.45) is 0 Å². The number of carbonyl (C=O) groups excluding carboxylic acids is 1. The lowest BCUT2D eigenvalue weighted by Gasteiger charge is -2.12. The summed E-state index contributed by atoms with van der Waals surface area (Å²) in [4.78, 5) is 17.4. The second-order valence-corrected chi connectivity index (χ2v) is 9.15. The molecule has 0 saturated heterocycles. The van der Waals surface area contributed by atoms with Gasteiger partial charge in [-0.05, 0) is 67.3 Å². The molecule has 0 radical (unpaired) electrons. The summed E-state index contributed by atoms with van der Waals surface area (Å²) in [6.07, 6.45) is 4.79. The van der Waals surface area contributed by atoms with Crippen molar-refractivity contribution in [1.82, 2.24) is 14.9 Å². The Hall–Kier alpha value is -4.00. The van der Waals surface area contributed by atoms with Crippen LogP contribution in [-0.2, 0) is 19.4 Å². The molecular weight excluding hydrogens is 478 g/mol. The first-order chi connectivity index (χ1) is 18.6. The van der Waals surface area contributed by atoms with E-state index >= 15 is 0 Å². The lowest BCUT2D eigenvalue weighted by atomic mass is 10.1. The zero-order chi connectivity index (χ0) is 26.7. The number of hydrogen-bond donors (Lipinski definition) is 1. The molecule has 1 aromatic heterocycles. The number of para-hydroxylation sites is 2. The molecular formula is C31H37N3O4. The molecule has 4 aromatic rings. The predicted molar refractivity (Wildman–Crippen MR) is 150 cm³/mol. The molecule has 0 aliphatic heterocycles. The third kappa shape index (κ3) is 6.85. The van der Waals surface area contributed by atoms with Gasteiger partial charge in [0, 0.05) is 18.5 Å². The first kappa shape index (κ1) is 27.0. The monoisotopic (exact) mass is 515 g/mol. The largest absolute Gasteiger partial charge is 0.493 e. The summed E-state index contributed by atoms with van der Waals surface area (Å²) in [6.45, 7) is 4.10. The van der Waals surface area contributed by atoms with E-state index in [0.29, 0.717) is 30.2 Å². The van der Waals surface area contributed by atoms with Gasteiger partial charge in [-0.15, -0.1) is 0 Å². The van der Waals surface area contributed by atoms with E-state index in [2.05, 4.69) is 47.1 Å². The van der Waals surface area contributed by atoms with E-state index in [9.17, 15) is 4.79 Å². The molecule has 0 aliphatic carbocycles. The average Bonchev–Trinajstić information content (AvgIpc) is 3.31. The zero-order valence-corrected chi connectivity index (χ0v) is 22.5. The molecule has 38 heavy (non-hydrogen) atoms. The van der Waals surface area contributed by atoms with E-state index in [0.717, 1.165) is 61.3 Å². The first-order valence-corrected chi connectivity index (χ1v) is 13.3. The van der Waals surface area contributed by atoms with Gasteiger partial charge in [0.1, 0.15) is 18.2 Å². The Kier molecular flexibility index (Phi) is 9.62. The van der Waals surface area contributed by atoms with E-state index < -0.39 is 0 Å². The number of amides is 1. The van der Waals surface area contributed by atoms with Gasteiger partial charge in [0.2, 0.25) is 0 Å². The number of hydrogen-bond acceptors (Lipinski definition) is 5. The number of fused-ring (bicyclic) bond motifs is 1. The Morgan fingerprint density at radius 1 is 0.921 bits per heavy atom. The van der Waals surface area contributed by atoms with Crippen LogP contribution < -0.4 is 19.5 Å². The smallest absolute Gasteiger partial charge is 0.251 e. The third-order valence-electron chi connectivity index (χ3n) is 6.66. The molecule has 7 nitrogen and oxygen atoms in total. The number of imidazole rings is 1. The maximum absolute atomic E-state index is 12.5. The van der Waals surface area contributed by atoms with Gasteiger partial charge in [-0.25, -0.2) is 4.98 Å². The van der Waals surface area contributed by atoms with Crippen LogP contribution in [0.1, 0.15) is 47.9 Å². The molecule has 0 fully saturated rings. The summed E-state index contributed by atoms with van der Waals surface area (Å²) < 4.78 is 18.8. The van der Waals surface area contributed by atoms with Gasteiger partial charge in [-0.3, -0.25) is 4.79 Å². The molecule has 0 spiro atoms. The quantitative estimate of drug-likeness (QED) is 0.214. The second-order valence-electron chi connectivity index (χ2n) is 9.15. The molecule has 0 bridgehead atoms. The van der Waals surface area contributed by atoms with Crippen LogP contribution in [0.2, 0.25) is 0 Å². The van der Waals surface area contributed by atoms with E-state index in [1.165, 1.54) is 5.56 Å². The van der Waals surface area contributed by atoms with Crippen molar-refractivity contribution in [3.8, 4) is 17.2 Å². The fraction of sp³-hybridized carbons (Fsp3) is 0.355. The van der Waals surface area contributed by atoms with Crippen molar-refractivity contribution in [1.29, 1.82) is 0 Å². The number of rotatable bonds is 14. The van der Waals surface area contributed by atoms with Crippen molar-refractivity contribution in [2.75, 3.05) is 27.4 Å². The van der Waals surface area contributed by atoms with E-state index in [1.807, 2.05) is 18.2 Å². The van der Waals surface area contributed by atoms with Gasteiger partial charge in [-0.2, -0.15) is 0 Å². The van der Waals surface area contributed by atoms with Crippen LogP contribution in [0.15, 0.2) is 66.7 Å². The summed E-state index contributed by atoms with van der Waals surface area (Å²) in [5.41, 5.74) is 4.01. The molecule has 0 unspecified atom stereocenters. The molecule has 1 amide bonds. The van der Waals surface area contributed by atoms with Crippen molar-refractivity contribution < 1.29 is 19.0 Å². The van der Waals surface area contributed by atoms with E-state index in [-0.39, 0.29) is 5.91 Å². The fourth-order valence-electron chi connectivity index (χ4n) is 4.51. The highest BCUT2D eigenvalue weighted by atomic mass is 16.5. The zero-order valence-electron chi connectivity index (χ0n) is 22.5. The number of aromatic nitrogens is 2. The molecule has 0 saturated carbocycles. The average molecular weight is 516 g/mol. The van der Waals surface area contributed by atoms with Crippen molar-refractivity contribution in [2.45, 2.75) is 45.6 Å². The van der Waals surface area contributed by atoms with E-state index in [1.54, 1.807) is 32.4 Å². The Balaban J connectivity index is 1.26. The van der Waals surface area contributed by atoms with Gasteiger partial charge < -0.3 is 24.1 Å². The second kappa shape index (κ2) is 13.5. The Labute approximate surface area is 224 Å². The molecule has 4 rings (SSSR count). The van der Waals surface area contributed by atoms with Crippen LogP contribution in [0.4, 0.5) is 0 Å². The van der Waals surface area contributed by atoms with Crippen LogP contribution in [0, 0.1) is 0 Å². The normalized spacial score (nSPS) is 10.9. The van der Waals surface area contributed by atoms with Gasteiger partial charge in [-0.1, -0.05) is 37.6 Å². The summed E-state index contributed by atoms with van der Waals surface area (Å²) in [5, 5.41) is 3.00. The number of methoxy groups -OCH3 is 2. The molecule has 7 heteroatoms. The van der Waals surface area contributed by atoms with Gasteiger partial charge in [0.05, 0.1) is 31.8 Å². The molecule has 0 aliphatic rings. The lowest BCUT2D eigenvalue weighted by molar-refractivity contribution is 0.0952. The third-order valence-corrected chi connectivity index (χ3v) is 6.66. The first-order valence-electron chi connectivity index (χ1n) is 13.3. The summed E-state index contributed by atoms with van der Waals surface area (Å²) in [5.74, 6) is 3.00. The number of ether oxygens (including phenoxy) is 3. The van der Waals surface area contributed by atoms with Gasteiger partial charge in [0.15, 0.2) is 11.5 Å². The number of carbonyl (C=O) groups is 1. The minimum atomic E-state index is -0.114. The number of aryl methyl sites for hydroxylation is 2. The lowest BCUT2D eigenvalue weighted by Crippen LogP contribution is -2.24. The summed E-state index contributed by atoms with van der Waals surface area (Å²) in [7, 11) is 3.14. The highest BCUT2D eigenvalue weighted by Gasteiger charge is 2.12. The number of nitrogens with zero attached hydrogens (tertiary/aromatic N) is 2. The molecule has 0 atom stereocenters. The van der Waals surface area contributed by atoms with Crippen molar-refractivity contribution >= 4 is 16.9 Å². The van der Waals surface area contributed by atoms with Crippen LogP contribution in [-0.4, -0.2) is 42.8 Å². The fourth-order valence-corrected chi connectivity index (χ4v) is 4.51. The van der Waals surface area contributed by atoms with Crippen LogP contribution in [0.5, 0.6) is 17.2 Å². The maximum atomic E-state index is 12.5.